The number of fused-ring (bicyclic) bond motifs is 1. The number of anilines is 1. The van der Waals surface area contributed by atoms with Crippen molar-refractivity contribution in [1.82, 2.24) is 15.0 Å². The lowest BCUT2D eigenvalue weighted by Gasteiger charge is -2.11. The molecule has 2 N–H and O–H groups in total. The van der Waals surface area contributed by atoms with Crippen LogP contribution in [0.1, 0.15) is 5.69 Å². The smallest absolute Gasteiger partial charge is 0.124 e. The second kappa shape index (κ2) is 5.94. The third-order valence-corrected chi connectivity index (χ3v) is 4.16. The third-order valence-electron chi connectivity index (χ3n) is 4.16. The summed E-state index contributed by atoms with van der Waals surface area (Å²) in [6.07, 6.45) is 1.56. The number of hydrogen-bond donors (Lipinski definition) is 1. The number of aryl methyl sites for hydroxylation is 1. The summed E-state index contributed by atoms with van der Waals surface area (Å²) >= 11 is 0. The van der Waals surface area contributed by atoms with E-state index >= 15 is 0 Å². The number of aromatic nitrogens is 3. The summed E-state index contributed by atoms with van der Waals surface area (Å²) in [5, 5.41) is 0.974. The minimum absolute atomic E-state index is 0.310. The molecule has 0 radical (unpaired) electrons. The van der Waals surface area contributed by atoms with Crippen molar-refractivity contribution in [2.24, 2.45) is 0 Å². The Morgan fingerprint density at radius 3 is 2.64 bits per heavy atom. The Labute approximate surface area is 144 Å². The maximum atomic E-state index is 13.7. The van der Waals surface area contributed by atoms with E-state index in [1.165, 1.54) is 12.1 Å². The Kier molecular flexibility index (Phi) is 3.61. The van der Waals surface area contributed by atoms with Gasteiger partial charge in [0.1, 0.15) is 18.0 Å². The molecule has 122 valence electrons. The van der Waals surface area contributed by atoms with Crippen molar-refractivity contribution in [3.8, 4) is 22.4 Å². The number of hydrogen-bond acceptors (Lipinski definition) is 4. The van der Waals surface area contributed by atoms with Gasteiger partial charge in [-0.15, -0.1) is 0 Å². The van der Waals surface area contributed by atoms with Crippen molar-refractivity contribution in [3.63, 3.8) is 0 Å². The first-order valence-corrected chi connectivity index (χ1v) is 7.86. The van der Waals surface area contributed by atoms with E-state index in [2.05, 4.69) is 15.0 Å². The summed E-state index contributed by atoms with van der Waals surface area (Å²) in [5.74, 6) is 0.0822. The van der Waals surface area contributed by atoms with Gasteiger partial charge in [-0.05, 0) is 48.9 Å². The first-order valence-electron chi connectivity index (χ1n) is 7.86. The zero-order valence-electron chi connectivity index (χ0n) is 13.6. The van der Waals surface area contributed by atoms with Gasteiger partial charge in [-0.1, -0.05) is 18.2 Å². The van der Waals surface area contributed by atoms with Gasteiger partial charge in [-0.25, -0.2) is 19.3 Å². The van der Waals surface area contributed by atoms with E-state index in [1.54, 1.807) is 18.5 Å². The topological polar surface area (TPSA) is 64.7 Å². The molecule has 0 atom stereocenters. The normalized spacial score (nSPS) is 11.0. The lowest BCUT2D eigenvalue weighted by molar-refractivity contribution is 0.628. The minimum Gasteiger partial charge on any atom is -0.384 e. The molecule has 2 aromatic heterocycles. The quantitative estimate of drug-likeness (QED) is 0.592. The number of benzene rings is 2. The van der Waals surface area contributed by atoms with Crippen molar-refractivity contribution in [1.29, 1.82) is 0 Å². The summed E-state index contributed by atoms with van der Waals surface area (Å²) in [7, 11) is 0. The number of nitrogen functional groups attached to an aromatic ring is 1. The SMILES string of the molecule is Cc1ncnc2ccc(-c3ccc(N)nc3-c3cccc(F)c3)cc12. The monoisotopic (exact) mass is 330 g/mol. The van der Waals surface area contributed by atoms with Crippen molar-refractivity contribution >= 4 is 16.7 Å². The van der Waals surface area contributed by atoms with Gasteiger partial charge in [0.05, 0.1) is 11.2 Å². The predicted molar refractivity (Wildman–Crippen MR) is 97.3 cm³/mol. The molecule has 4 rings (SSSR count). The van der Waals surface area contributed by atoms with E-state index in [1.807, 2.05) is 37.3 Å². The fraction of sp³-hybridized carbons (Fsp3) is 0.0500. The first-order chi connectivity index (χ1) is 12.1. The Hall–Kier alpha value is -3.34. The van der Waals surface area contributed by atoms with Crippen molar-refractivity contribution in [2.45, 2.75) is 6.92 Å². The van der Waals surface area contributed by atoms with Crippen LogP contribution in [0, 0.1) is 12.7 Å². The van der Waals surface area contributed by atoms with Crippen LogP contribution in [0.5, 0.6) is 0 Å². The molecule has 25 heavy (non-hydrogen) atoms. The highest BCUT2D eigenvalue weighted by Crippen LogP contribution is 2.33. The maximum absolute atomic E-state index is 13.7. The number of halogens is 1. The predicted octanol–water partition coefficient (Wildman–Crippen LogP) is 4.39. The molecule has 0 bridgehead atoms. The molecule has 0 amide bonds. The van der Waals surface area contributed by atoms with Crippen LogP contribution in [0.4, 0.5) is 10.2 Å². The number of pyridine rings is 1. The number of nitrogens with zero attached hydrogens (tertiary/aromatic N) is 3. The molecule has 0 unspecified atom stereocenters. The third kappa shape index (κ3) is 2.80. The largest absolute Gasteiger partial charge is 0.384 e. The summed E-state index contributed by atoms with van der Waals surface area (Å²) < 4.78 is 13.7. The van der Waals surface area contributed by atoms with E-state index in [0.717, 1.165) is 27.7 Å². The van der Waals surface area contributed by atoms with Gasteiger partial charge in [-0.2, -0.15) is 0 Å². The molecule has 0 saturated heterocycles. The molecule has 4 aromatic rings. The van der Waals surface area contributed by atoms with E-state index in [9.17, 15) is 4.39 Å². The van der Waals surface area contributed by atoms with E-state index in [-0.39, 0.29) is 5.82 Å². The van der Waals surface area contributed by atoms with Gasteiger partial charge >= 0.3 is 0 Å². The zero-order chi connectivity index (χ0) is 17.4. The Balaban J connectivity index is 1.96. The molecule has 0 aliphatic rings. The van der Waals surface area contributed by atoms with Gasteiger partial charge in [0, 0.05) is 22.2 Å². The maximum Gasteiger partial charge on any atom is 0.124 e. The molecule has 2 heterocycles. The molecular weight excluding hydrogens is 315 g/mol. The van der Waals surface area contributed by atoms with Gasteiger partial charge < -0.3 is 5.73 Å². The summed E-state index contributed by atoms with van der Waals surface area (Å²) in [4.78, 5) is 13.0. The van der Waals surface area contributed by atoms with Crippen LogP contribution in [-0.4, -0.2) is 15.0 Å². The molecule has 4 nitrogen and oxygen atoms in total. The average Bonchev–Trinajstić information content (AvgIpc) is 2.62. The molecule has 0 saturated carbocycles. The highest BCUT2D eigenvalue weighted by molar-refractivity contribution is 5.89. The second-order valence-corrected chi connectivity index (χ2v) is 5.83. The molecule has 0 spiro atoms. The van der Waals surface area contributed by atoms with Crippen LogP contribution >= 0.6 is 0 Å². The first kappa shape index (κ1) is 15.2. The zero-order valence-corrected chi connectivity index (χ0v) is 13.6. The van der Waals surface area contributed by atoms with Crippen LogP contribution < -0.4 is 5.73 Å². The summed E-state index contributed by atoms with van der Waals surface area (Å²) in [6.45, 7) is 1.95. The molecule has 2 aromatic carbocycles. The second-order valence-electron chi connectivity index (χ2n) is 5.83. The van der Waals surface area contributed by atoms with Gasteiger partial charge in [0.15, 0.2) is 0 Å². The molecule has 0 aliphatic carbocycles. The Morgan fingerprint density at radius 1 is 0.920 bits per heavy atom. The van der Waals surface area contributed by atoms with Crippen LogP contribution in [0.3, 0.4) is 0 Å². The minimum atomic E-state index is -0.310. The van der Waals surface area contributed by atoms with E-state index < -0.39 is 0 Å². The highest BCUT2D eigenvalue weighted by Gasteiger charge is 2.12. The summed E-state index contributed by atoms with van der Waals surface area (Å²) in [5.41, 5.74) is 10.8. The van der Waals surface area contributed by atoms with Crippen LogP contribution in [0.25, 0.3) is 33.3 Å². The Bertz CT molecular complexity index is 1090. The molecule has 0 fully saturated rings. The van der Waals surface area contributed by atoms with Gasteiger partial charge in [0.25, 0.3) is 0 Å². The van der Waals surface area contributed by atoms with Crippen LogP contribution in [-0.2, 0) is 0 Å². The van der Waals surface area contributed by atoms with Crippen molar-refractivity contribution in [3.05, 3.63) is 72.4 Å². The molecular formula is C20H15FN4. The fourth-order valence-electron chi connectivity index (χ4n) is 2.92. The van der Waals surface area contributed by atoms with Gasteiger partial charge in [0.2, 0.25) is 0 Å². The van der Waals surface area contributed by atoms with E-state index in [0.29, 0.717) is 17.1 Å². The average molecular weight is 330 g/mol. The fourth-order valence-corrected chi connectivity index (χ4v) is 2.92. The van der Waals surface area contributed by atoms with Gasteiger partial charge in [-0.3, -0.25) is 0 Å². The molecule has 5 heteroatoms. The lowest BCUT2D eigenvalue weighted by Crippen LogP contribution is -1.96. The Morgan fingerprint density at radius 2 is 1.80 bits per heavy atom. The van der Waals surface area contributed by atoms with Crippen LogP contribution in [0.15, 0.2) is 60.9 Å². The lowest BCUT2D eigenvalue weighted by atomic mass is 9.97. The standard InChI is InChI=1S/C20H15FN4/c1-12-17-10-13(5-7-18(17)24-11-23-12)16-6-8-19(22)25-20(16)14-3-2-4-15(21)9-14/h2-11H,1H3,(H2,22,25). The van der Waals surface area contributed by atoms with Crippen molar-refractivity contribution < 1.29 is 4.39 Å². The highest BCUT2D eigenvalue weighted by atomic mass is 19.1. The van der Waals surface area contributed by atoms with Crippen molar-refractivity contribution in [2.75, 3.05) is 5.73 Å². The van der Waals surface area contributed by atoms with E-state index in [4.69, 9.17) is 5.73 Å². The molecule has 0 aliphatic heterocycles. The number of nitrogens with two attached hydrogens (primary N) is 1. The summed E-state index contributed by atoms with van der Waals surface area (Å²) in [6, 6.07) is 16.0. The number of rotatable bonds is 2. The van der Waals surface area contributed by atoms with Crippen LogP contribution in [0.2, 0.25) is 0 Å².